The van der Waals surface area contributed by atoms with Gasteiger partial charge in [-0.05, 0) is 25.1 Å². The maximum Gasteiger partial charge on any atom is 0.349 e. The molecule has 9 nitrogen and oxygen atoms in total. The van der Waals surface area contributed by atoms with Crippen LogP contribution in [0.25, 0.3) is 17.2 Å². The molecule has 9 heteroatoms. The molecule has 1 N–H and O–H groups in total. The van der Waals surface area contributed by atoms with Crippen LogP contribution in [0.4, 0.5) is 0 Å². The van der Waals surface area contributed by atoms with Crippen LogP contribution in [0.2, 0.25) is 0 Å². The van der Waals surface area contributed by atoms with Gasteiger partial charge in [-0.1, -0.05) is 20.8 Å². The third kappa shape index (κ3) is 3.86. The molecule has 0 bridgehead atoms. The van der Waals surface area contributed by atoms with Gasteiger partial charge in [0, 0.05) is 30.9 Å². The minimum absolute atomic E-state index is 0.269. The van der Waals surface area contributed by atoms with Crippen LogP contribution in [0.1, 0.15) is 32.3 Å². The minimum atomic E-state index is -0.324. The Labute approximate surface area is 173 Å². The van der Waals surface area contributed by atoms with Crippen molar-refractivity contribution in [1.29, 1.82) is 0 Å². The fourth-order valence-corrected chi connectivity index (χ4v) is 2.87. The summed E-state index contributed by atoms with van der Waals surface area (Å²) in [6.45, 7) is 7.78. The number of aromatic nitrogens is 7. The number of ether oxygens (including phenoxy) is 1. The van der Waals surface area contributed by atoms with Crippen molar-refractivity contribution < 1.29 is 4.74 Å². The molecule has 154 valence electrons. The summed E-state index contributed by atoms with van der Waals surface area (Å²) in [7, 11) is 1.91. The normalized spacial score (nSPS) is 11.6. The number of aromatic amines is 1. The van der Waals surface area contributed by atoms with E-state index >= 15 is 0 Å². The average Bonchev–Trinajstić information content (AvgIpc) is 3.29. The lowest BCUT2D eigenvalue weighted by Gasteiger charge is -2.13. The lowest BCUT2D eigenvalue weighted by Crippen LogP contribution is -2.17. The van der Waals surface area contributed by atoms with Gasteiger partial charge in [0.1, 0.15) is 23.0 Å². The molecule has 0 spiro atoms. The Bertz CT molecular complexity index is 1260. The van der Waals surface area contributed by atoms with Gasteiger partial charge in [-0.2, -0.15) is 4.68 Å². The van der Waals surface area contributed by atoms with E-state index in [0.29, 0.717) is 34.5 Å². The number of aryl methyl sites for hydroxylation is 2. The Hall–Kier alpha value is -3.75. The minimum Gasteiger partial charge on any atom is -0.455 e. The summed E-state index contributed by atoms with van der Waals surface area (Å²) >= 11 is 0. The van der Waals surface area contributed by atoms with Gasteiger partial charge in [-0.3, -0.25) is 9.97 Å². The van der Waals surface area contributed by atoms with Crippen LogP contribution in [0.3, 0.4) is 0 Å². The van der Waals surface area contributed by atoms with Crippen LogP contribution in [0.5, 0.6) is 11.5 Å². The molecule has 0 radical (unpaired) electrons. The molecule has 4 aromatic heterocycles. The second kappa shape index (κ2) is 7.25. The van der Waals surface area contributed by atoms with Crippen LogP contribution in [0, 0.1) is 6.92 Å². The van der Waals surface area contributed by atoms with Crippen molar-refractivity contribution in [2.45, 2.75) is 33.1 Å². The maximum absolute atomic E-state index is 12.3. The van der Waals surface area contributed by atoms with Crippen LogP contribution in [0.15, 0.2) is 47.8 Å². The second-order valence-electron chi connectivity index (χ2n) is 8.10. The highest BCUT2D eigenvalue weighted by atomic mass is 16.5. The van der Waals surface area contributed by atoms with Crippen LogP contribution in [-0.4, -0.2) is 34.3 Å². The van der Waals surface area contributed by atoms with Gasteiger partial charge in [-0.25, -0.2) is 14.8 Å². The highest BCUT2D eigenvalue weighted by molar-refractivity contribution is 5.55. The average molecular weight is 405 g/mol. The summed E-state index contributed by atoms with van der Waals surface area (Å²) in [6.07, 6.45) is 5.29. The summed E-state index contributed by atoms with van der Waals surface area (Å²) in [4.78, 5) is 28.3. The summed E-state index contributed by atoms with van der Waals surface area (Å²) in [5.74, 6) is 2.23. The van der Waals surface area contributed by atoms with E-state index in [0.717, 1.165) is 5.69 Å². The first kappa shape index (κ1) is 19.6. The fraction of sp³-hybridized carbons (Fsp3) is 0.286. The first-order valence-corrected chi connectivity index (χ1v) is 9.51. The molecule has 0 atom stereocenters. The molecule has 0 unspecified atom stereocenters. The summed E-state index contributed by atoms with van der Waals surface area (Å²) < 4.78 is 9.13. The van der Waals surface area contributed by atoms with Crippen molar-refractivity contribution >= 4 is 0 Å². The Balaban J connectivity index is 1.61. The van der Waals surface area contributed by atoms with Gasteiger partial charge in [0.05, 0.1) is 17.7 Å². The van der Waals surface area contributed by atoms with E-state index in [2.05, 4.69) is 25.0 Å². The van der Waals surface area contributed by atoms with Crippen molar-refractivity contribution in [3.05, 3.63) is 65.0 Å². The zero-order chi connectivity index (χ0) is 21.5. The summed E-state index contributed by atoms with van der Waals surface area (Å²) in [5.41, 5.74) is 1.52. The molecule has 4 aromatic rings. The Morgan fingerprint density at radius 3 is 2.53 bits per heavy atom. The van der Waals surface area contributed by atoms with Gasteiger partial charge in [0.25, 0.3) is 0 Å². The Morgan fingerprint density at radius 1 is 1.10 bits per heavy atom. The largest absolute Gasteiger partial charge is 0.455 e. The molecule has 4 heterocycles. The smallest absolute Gasteiger partial charge is 0.349 e. The van der Waals surface area contributed by atoms with E-state index in [4.69, 9.17) is 4.74 Å². The number of hydrogen-bond acceptors (Lipinski definition) is 6. The molecule has 30 heavy (non-hydrogen) atoms. The number of H-pyrrole nitrogens is 1. The Kier molecular flexibility index (Phi) is 4.73. The number of nitrogens with zero attached hydrogens (tertiary/aromatic N) is 6. The molecule has 0 aliphatic heterocycles. The number of rotatable bonds is 4. The molecule has 0 saturated carbocycles. The SMILES string of the molecule is Cc1nc(-n2nc(C(C)(C)C)[nH]c2=O)ccc1Oc1ccnc(-c2cn(C)cn2)c1. The lowest BCUT2D eigenvalue weighted by molar-refractivity contribution is 0.474. The number of nitrogens with one attached hydrogen (secondary N) is 1. The van der Waals surface area contributed by atoms with Crippen LogP contribution >= 0.6 is 0 Å². The van der Waals surface area contributed by atoms with Crippen molar-refractivity contribution in [1.82, 2.24) is 34.3 Å². The molecule has 0 aliphatic rings. The molecule has 0 saturated heterocycles. The Morgan fingerprint density at radius 2 is 1.90 bits per heavy atom. The van der Waals surface area contributed by atoms with Gasteiger partial charge < -0.3 is 9.30 Å². The molecule has 0 aromatic carbocycles. The third-order valence-corrected chi connectivity index (χ3v) is 4.49. The summed E-state index contributed by atoms with van der Waals surface area (Å²) in [5, 5.41) is 4.38. The zero-order valence-electron chi connectivity index (χ0n) is 17.5. The number of imidazole rings is 1. The number of pyridine rings is 2. The van der Waals surface area contributed by atoms with E-state index in [9.17, 15) is 4.79 Å². The molecular formula is C21H23N7O2. The van der Waals surface area contributed by atoms with E-state index in [1.165, 1.54) is 4.68 Å². The summed E-state index contributed by atoms with van der Waals surface area (Å²) in [6, 6.07) is 7.07. The highest BCUT2D eigenvalue weighted by Gasteiger charge is 2.21. The van der Waals surface area contributed by atoms with Gasteiger partial charge in [-0.15, -0.1) is 5.10 Å². The molecule has 4 rings (SSSR count). The lowest BCUT2D eigenvalue weighted by atomic mass is 9.96. The van der Waals surface area contributed by atoms with Crippen molar-refractivity contribution in [2.75, 3.05) is 0 Å². The van der Waals surface area contributed by atoms with Gasteiger partial charge in [0.2, 0.25) is 0 Å². The monoisotopic (exact) mass is 405 g/mol. The van der Waals surface area contributed by atoms with Crippen molar-refractivity contribution in [3.8, 4) is 28.7 Å². The van der Waals surface area contributed by atoms with E-state index in [1.807, 2.05) is 51.6 Å². The quantitative estimate of drug-likeness (QED) is 0.559. The van der Waals surface area contributed by atoms with E-state index in [-0.39, 0.29) is 11.1 Å². The number of hydrogen-bond donors (Lipinski definition) is 1. The predicted molar refractivity (Wildman–Crippen MR) is 112 cm³/mol. The van der Waals surface area contributed by atoms with E-state index in [1.54, 1.807) is 30.7 Å². The standard InChI is InChI=1S/C21H23N7O2/c1-13-17(30-14-8-9-22-15(10-14)16-11-27(5)12-23-16)6-7-18(24-13)28-20(29)25-19(26-28)21(2,3)4/h6-12H,1-5H3,(H,25,26,29). The van der Waals surface area contributed by atoms with E-state index < -0.39 is 0 Å². The van der Waals surface area contributed by atoms with Crippen LogP contribution < -0.4 is 10.4 Å². The zero-order valence-corrected chi connectivity index (χ0v) is 17.5. The first-order valence-electron chi connectivity index (χ1n) is 9.51. The topological polar surface area (TPSA) is 104 Å². The van der Waals surface area contributed by atoms with Gasteiger partial charge >= 0.3 is 5.69 Å². The van der Waals surface area contributed by atoms with Crippen molar-refractivity contribution in [2.24, 2.45) is 7.05 Å². The molecule has 0 fully saturated rings. The molecule has 0 amide bonds. The second-order valence-corrected chi connectivity index (χ2v) is 8.10. The third-order valence-electron chi connectivity index (χ3n) is 4.49. The predicted octanol–water partition coefficient (Wildman–Crippen LogP) is 3.15. The van der Waals surface area contributed by atoms with Crippen molar-refractivity contribution in [3.63, 3.8) is 0 Å². The van der Waals surface area contributed by atoms with Crippen LogP contribution in [-0.2, 0) is 12.5 Å². The molecule has 0 aliphatic carbocycles. The fourth-order valence-electron chi connectivity index (χ4n) is 2.87. The first-order chi connectivity index (χ1) is 14.2. The van der Waals surface area contributed by atoms with Gasteiger partial charge in [0.15, 0.2) is 5.82 Å². The maximum atomic E-state index is 12.3. The highest BCUT2D eigenvalue weighted by Crippen LogP contribution is 2.27. The molecular weight excluding hydrogens is 382 g/mol.